The van der Waals surface area contributed by atoms with Gasteiger partial charge in [0.15, 0.2) is 0 Å². The molecule has 0 spiro atoms. The average Bonchev–Trinajstić information content (AvgIpc) is 3.13. The first-order valence-electron chi connectivity index (χ1n) is 7.92. The van der Waals surface area contributed by atoms with Crippen LogP contribution >= 0.6 is 0 Å². The molecule has 5 nitrogen and oxygen atoms in total. The normalized spacial score (nSPS) is 16.0. The molecule has 3 N–H and O–H groups in total. The van der Waals surface area contributed by atoms with Gasteiger partial charge in [-0.1, -0.05) is 26.7 Å². The fourth-order valence-electron chi connectivity index (χ4n) is 2.95. The lowest BCUT2D eigenvalue weighted by atomic mass is 10.1. The second kappa shape index (κ2) is 7.61. The summed E-state index contributed by atoms with van der Waals surface area (Å²) >= 11 is 0. The summed E-state index contributed by atoms with van der Waals surface area (Å²) in [6.07, 6.45) is 7.85. The lowest BCUT2D eigenvalue weighted by Gasteiger charge is -2.28. The van der Waals surface area contributed by atoms with Gasteiger partial charge in [-0.2, -0.15) is 0 Å². The van der Waals surface area contributed by atoms with Gasteiger partial charge in [0, 0.05) is 6.04 Å². The van der Waals surface area contributed by atoms with Gasteiger partial charge < -0.3 is 4.42 Å². The van der Waals surface area contributed by atoms with Crippen LogP contribution in [-0.4, -0.2) is 23.4 Å². The van der Waals surface area contributed by atoms with Gasteiger partial charge in [0.05, 0.1) is 12.1 Å². The Morgan fingerprint density at radius 2 is 2.19 bits per heavy atom. The number of nitrogen functional groups attached to an aromatic ring is 1. The number of carbonyl (C=O) groups excluding carboxylic acids is 1. The van der Waals surface area contributed by atoms with Gasteiger partial charge in [-0.3, -0.25) is 15.1 Å². The predicted molar refractivity (Wildman–Crippen MR) is 82.5 cm³/mol. The molecule has 0 radical (unpaired) electrons. The fourth-order valence-corrected chi connectivity index (χ4v) is 2.95. The molecule has 1 aromatic rings. The number of furan rings is 1. The Hall–Kier alpha value is -1.33. The Morgan fingerprint density at radius 3 is 2.81 bits per heavy atom. The number of nitrogens with two attached hydrogens (primary N) is 1. The summed E-state index contributed by atoms with van der Waals surface area (Å²) in [4.78, 5) is 14.0. The van der Waals surface area contributed by atoms with Crippen molar-refractivity contribution in [2.45, 2.75) is 58.5 Å². The van der Waals surface area contributed by atoms with E-state index in [0.717, 1.165) is 18.8 Å². The minimum Gasteiger partial charge on any atom is -0.467 e. The first kappa shape index (κ1) is 16.0. The summed E-state index contributed by atoms with van der Waals surface area (Å²) < 4.78 is 5.53. The molecule has 1 saturated carbocycles. The van der Waals surface area contributed by atoms with E-state index in [1.54, 1.807) is 6.07 Å². The highest BCUT2D eigenvalue weighted by atomic mass is 16.3. The van der Waals surface area contributed by atoms with Gasteiger partial charge in [-0.15, -0.1) is 0 Å². The molecule has 1 aromatic heterocycles. The third kappa shape index (κ3) is 4.58. The van der Waals surface area contributed by atoms with E-state index < -0.39 is 0 Å². The highest BCUT2D eigenvalue weighted by Crippen LogP contribution is 2.26. The van der Waals surface area contributed by atoms with Crippen LogP contribution < -0.4 is 11.3 Å². The van der Waals surface area contributed by atoms with Crippen molar-refractivity contribution < 1.29 is 9.21 Å². The predicted octanol–water partition coefficient (Wildman–Crippen LogP) is 2.67. The van der Waals surface area contributed by atoms with Crippen LogP contribution in [0, 0.1) is 5.92 Å². The van der Waals surface area contributed by atoms with Crippen molar-refractivity contribution in [3.8, 4) is 0 Å². The molecule has 1 aliphatic carbocycles. The highest BCUT2D eigenvalue weighted by Gasteiger charge is 2.23. The largest absolute Gasteiger partial charge is 0.467 e. The summed E-state index contributed by atoms with van der Waals surface area (Å²) in [5.74, 6) is 6.37. The zero-order chi connectivity index (χ0) is 15.2. The van der Waals surface area contributed by atoms with E-state index in [4.69, 9.17) is 10.3 Å². The van der Waals surface area contributed by atoms with E-state index in [1.165, 1.54) is 38.4 Å². The Kier molecular flexibility index (Phi) is 5.82. The van der Waals surface area contributed by atoms with Crippen molar-refractivity contribution in [3.63, 3.8) is 0 Å². The monoisotopic (exact) mass is 293 g/mol. The maximum Gasteiger partial charge on any atom is 0.268 e. The number of nitrogens with zero attached hydrogens (tertiary/aromatic N) is 1. The number of hydrogen-bond acceptors (Lipinski definition) is 4. The van der Waals surface area contributed by atoms with Gasteiger partial charge >= 0.3 is 0 Å². The molecule has 21 heavy (non-hydrogen) atoms. The van der Waals surface area contributed by atoms with E-state index in [-0.39, 0.29) is 5.91 Å². The average molecular weight is 293 g/mol. The standard InChI is InChI=1S/C16H27N3O2/c1-12(2)7-8-19(14-5-3-4-6-14)10-15-9-13(11-21-15)16(20)18-17/h9,11-12,14H,3-8,10,17H2,1-2H3,(H,18,20). The van der Waals surface area contributed by atoms with Gasteiger partial charge in [0.2, 0.25) is 0 Å². The van der Waals surface area contributed by atoms with Crippen molar-refractivity contribution in [2.24, 2.45) is 11.8 Å². The first-order chi connectivity index (χ1) is 10.1. The Bertz CT molecular complexity index is 450. The fraction of sp³-hybridized carbons (Fsp3) is 0.688. The van der Waals surface area contributed by atoms with Crippen molar-refractivity contribution in [1.29, 1.82) is 0 Å². The zero-order valence-corrected chi connectivity index (χ0v) is 13.1. The summed E-state index contributed by atoms with van der Waals surface area (Å²) in [6, 6.07) is 2.44. The third-order valence-electron chi connectivity index (χ3n) is 4.24. The minimum atomic E-state index is -0.306. The lowest BCUT2D eigenvalue weighted by molar-refractivity contribution is 0.0953. The summed E-state index contributed by atoms with van der Waals surface area (Å²) in [5.41, 5.74) is 2.62. The van der Waals surface area contributed by atoms with Crippen LogP contribution in [0.3, 0.4) is 0 Å². The lowest BCUT2D eigenvalue weighted by Crippen LogP contribution is -2.34. The van der Waals surface area contributed by atoms with E-state index in [9.17, 15) is 4.79 Å². The molecule has 0 unspecified atom stereocenters. The van der Waals surface area contributed by atoms with Crippen LogP contribution in [0.5, 0.6) is 0 Å². The van der Waals surface area contributed by atoms with Crippen LogP contribution in [0.1, 0.15) is 62.1 Å². The molecule has 0 bridgehead atoms. The van der Waals surface area contributed by atoms with Gasteiger partial charge in [-0.25, -0.2) is 5.84 Å². The summed E-state index contributed by atoms with van der Waals surface area (Å²) in [5, 5.41) is 0. The van der Waals surface area contributed by atoms with E-state index in [1.807, 2.05) is 0 Å². The number of carbonyl (C=O) groups is 1. The van der Waals surface area contributed by atoms with Crippen LogP contribution in [0.2, 0.25) is 0 Å². The Labute approximate surface area is 126 Å². The molecule has 0 aliphatic heterocycles. The second-order valence-electron chi connectivity index (χ2n) is 6.37. The summed E-state index contributed by atoms with van der Waals surface area (Å²) in [7, 11) is 0. The number of hydrazine groups is 1. The van der Waals surface area contributed by atoms with Gasteiger partial charge in [0.25, 0.3) is 5.91 Å². The Morgan fingerprint density at radius 1 is 1.48 bits per heavy atom. The molecular weight excluding hydrogens is 266 g/mol. The van der Waals surface area contributed by atoms with Crippen LogP contribution in [0.4, 0.5) is 0 Å². The molecule has 5 heteroatoms. The molecular formula is C16H27N3O2. The smallest absolute Gasteiger partial charge is 0.268 e. The molecule has 118 valence electrons. The van der Waals surface area contributed by atoms with Gasteiger partial charge in [-0.05, 0) is 37.8 Å². The van der Waals surface area contributed by atoms with E-state index in [2.05, 4.69) is 24.2 Å². The second-order valence-corrected chi connectivity index (χ2v) is 6.37. The quantitative estimate of drug-likeness (QED) is 0.460. The van der Waals surface area contributed by atoms with Crippen LogP contribution in [-0.2, 0) is 6.54 Å². The molecule has 1 aliphatic rings. The molecule has 0 aromatic carbocycles. The number of amides is 1. The van der Waals surface area contributed by atoms with Crippen molar-refractivity contribution >= 4 is 5.91 Å². The maximum atomic E-state index is 11.5. The van der Waals surface area contributed by atoms with Crippen molar-refractivity contribution in [2.75, 3.05) is 6.54 Å². The topological polar surface area (TPSA) is 71.5 Å². The highest BCUT2D eigenvalue weighted by molar-refractivity contribution is 5.93. The summed E-state index contributed by atoms with van der Waals surface area (Å²) in [6.45, 7) is 6.36. The van der Waals surface area contributed by atoms with E-state index in [0.29, 0.717) is 17.5 Å². The third-order valence-corrected chi connectivity index (χ3v) is 4.24. The number of hydrogen-bond donors (Lipinski definition) is 2. The van der Waals surface area contributed by atoms with Crippen molar-refractivity contribution in [3.05, 3.63) is 23.7 Å². The first-order valence-corrected chi connectivity index (χ1v) is 7.92. The Balaban J connectivity index is 1.99. The van der Waals surface area contributed by atoms with Gasteiger partial charge in [0.1, 0.15) is 12.0 Å². The molecule has 0 saturated heterocycles. The van der Waals surface area contributed by atoms with Crippen LogP contribution in [0.25, 0.3) is 0 Å². The van der Waals surface area contributed by atoms with Crippen molar-refractivity contribution in [1.82, 2.24) is 10.3 Å². The molecule has 2 rings (SSSR count). The minimum absolute atomic E-state index is 0.306. The SMILES string of the molecule is CC(C)CCN(Cc1cc(C(=O)NN)co1)C1CCCC1. The van der Waals surface area contributed by atoms with E-state index >= 15 is 0 Å². The number of nitrogens with one attached hydrogen (secondary N) is 1. The van der Waals surface area contributed by atoms with Crippen LogP contribution in [0.15, 0.2) is 16.7 Å². The molecule has 1 fully saturated rings. The number of rotatable bonds is 7. The zero-order valence-electron chi connectivity index (χ0n) is 13.1. The maximum absolute atomic E-state index is 11.5. The molecule has 0 atom stereocenters. The molecule has 1 heterocycles. The molecule has 1 amide bonds.